The van der Waals surface area contributed by atoms with Gasteiger partial charge in [-0.15, -0.1) is 0 Å². The zero-order chi connectivity index (χ0) is 15.3. The standard InChI is InChI=1S/C16H20N2O2S/c1-13(2)17-12-14-8-10-15(11-9-14)18-21(19,20)16-6-4-3-5-7-16/h3-11,13,17-18H,12H2,1-2H3. The summed E-state index contributed by atoms with van der Waals surface area (Å²) >= 11 is 0. The Labute approximate surface area is 126 Å². The van der Waals surface area contributed by atoms with E-state index in [0.29, 0.717) is 11.7 Å². The van der Waals surface area contributed by atoms with Crippen LogP contribution in [-0.4, -0.2) is 14.5 Å². The minimum Gasteiger partial charge on any atom is -0.310 e. The minimum atomic E-state index is -3.52. The lowest BCUT2D eigenvalue weighted by atomic mass is 10.2. The molecule has 0 spiro atoms. The SMILES string of the molecule is CC(C)NCc1ccc(NS(=O)(=O)c2ccccc2)cc1. The second-order valence-corrected chi connectivity index (χ2v) is 6.83. The van der Waals surface area contributed by atoms with E-state index < -0.39 is 10.0 Å². The van der Waals surface area contributed by atoms with Gasteiger partial charge in [-0.25, -0.2) is 8.42 Å². The van der Waals surface area contributed by atoms with Gasteiger partial charge >= 0.3 is 0 Å². The Morgan fingerprint density at radius 3 is 2.14 bits per heavy atom. The average Bonchev–Trinajstić information content (AvgIpc) is 2.47. The quantitative estimate of drug-likeness (QED) is 0.862. The summed E-state index contributed by atoms with van der Waals surface area (Å²) in [5, 5.41) is 3.32. The van der Waals surface area contributed by atoms with Crippen LogP contribution < -0.4 is 10.0 Å². The van der Waals surface area contributed by atoms with Crippen LogP contribution in [0.2, 0.25) is 0 Å². The topological polar surface area (TPSA) is 58.2 Å². The van der Waals surface area contributed by atoms with Crippen molar-refractivity contribution in [3.63, 3.8) is 0 Å². The highest BCUT2D eigenvalue weighted by Gasteiger charge is 2.12. The maximum absolute atomic E-state index is 12.2. The van der Waals surface area contributed by atoms with Gasteiger partial charge < -0.3 is 5.32 Å². The largest absolute Gasteiger partial charge is 0.310 e. The lowest BCUT2D eigenvalue weighted by Crippen LogP contribution is -2.21. The van der Waals surface area contributed by atoms with Crippen LogP contribution in [0.5, 0.6) is 0 Å². The second kappa shape index (κ2) is 6.74. The number of hydrogen-bond donors (Lipinski definition) is 2. The maximum Gasteiger partial charge on any atom is 0.261 e. The van der Waals surface area contributed by atoms with Crippen molar-refractivity contribution in [2.75, 3.05) is 4.72 Å². The van der Waals surface area contributed by atoms with Crippen molar-refractivity contribution in [3.8, 4) is 0 Å². The fourth-order valence-electron chi connectivity index (χ4n) is 1.83. The summed E-state index contributed by atoms with van der Waals surface area (Å²) in [7, 11) is -3.52. The van der Waals surface area contributed by atoms with Crippen LogP contribution in [0, 0.1) is 0 Å². The van der Waals surface area contributed by atoms with Crippen molar-refractivity contribution in [1.82, 2.24) is 5.32 Å². The molecule has 0 saturated heterocycles. The van der Waals surface area contributed by atoms with Crippen LogP contribution in [0.3, 0.4) is 0 Å². The van der Waals surface area contributed by atoms with Crippen LogP contribution in [0.1, 0.15) is 19.4 Å². The van der Waals surface area contributed by atoms with Crippen molar-refractivity contribution < 1.29 is 8.42 Å². The van der Waals surface area contributed by atoms with Gasteiger partial charge in [0.25, 0.3) is 10.0 Å². The fraction of sp³-hybridized carbons (Fsp3) is 0.250. The summed E-state index contributed by atoms with van der Waals surface area (Å²) in [6.45, 7) is 4.94. The summed E-state index contributed by atoms with van der Waals surface area (Å²) in [4.78, 5) is 0.260. The van der Waals surface area contributed by atoms with E-state index in [1.54, 1.807) is 42.5 Å². The van der Waals surface area contributed by atoms with E-state index in [4.69, 9.17) is 0 Å². The molecule has 0 bridgehead atoms. The monoisotopic (exact) mass is 304 g/mol. The summed E-state index contributed by atoms with van der Waals surface area (Å²) in [6, 6.07) is 16.1. The summed E-state index contributed by atoms with van der Waals surface area (Å²) in [5.41, 5.74) is 1.68. The van der Waals surface area contributed by atoms with Gasteiger partial charge in [-0.1, -0.05) is 44.2 Å². The first-order valence-electron chi connectivity index (χ1n) is 6.87. The Morgan fingerprint density at radius 2 is 1.57 bits per heavy atom. The maximum atomic E-state index is 12.2. The molecule has 0 aliphatic carbocycles. The van der Waals surface area contributed by atoms with Gasteiger partial charge in [-0.2, -0.15) is 0 Å². The fourth-order valence-corrected chi connectivity index (χ4v) is 2.91. The zero-order valence-electron chi connectivity index (χ0n) is 12.2. The predicted molar refractivity (Wildman–Crippen MR) is 85.7 cm³/mol. The number of benzene rings is 2. The van der Waals surface area contributed by atoms with E-state index in [2.05, 4.69) is 23.9 Å². The average molecular weight is 304 g/mol. The van der Waals surface area contributed by atoms with E-state index in [-0.39, 0.29) is 4.90 Å². The molecule has 0 unspecified atom stereocenters. The summed E-state index contributed by atoms with van der Waals surface area (Å²) in [6.07, 6.45) is 0. The molecule has 0 fully saturated rings. The lowest BCUT2D eigenvalue weighted by Gasteiger charge is -2.10. The lowest BCUT2D eigenvalue weighted by molar-refractivity contribution is 0.589. The number of hydrogen-bond acceptors (Lipinski definition) is 3. The van der Waals surface area contributed by atoms with Crippen molar-refractivity contribution in [1.29, 1.82) is 0 Å². The molecule has 4 nitrogen and oxygen atoms in total. The first-order valence-corrected chi connectivity index (χ1v) is 8.36. The van der Waals surface area contributed by atoms with Gasteiger partial charge in [-0.3, -0.25) is 4.72 Å². The van der Waals surface area contributed by atoms with Crippen LogP contribution in [0.25, 0.3) is 0 Å². The highest BCUT2D eigenvalue weighted by molar-refractivity contribution is 7.92. The third kappa shape index (κ3) is 4.58. The van der Waals surface area contributed by atoms with E-state index in [9.17, 15) is 8.42 Å². The van der Waals surface area contributed by atoms with Crippen LogP contribution in [0.4, 0.5) is 5.69 Å². The molecule has 2 rings (SSSR count). The van der Waals surface area contributed by atoms with Crippen molar-refractivity contribution >= 4 is 15.7 Å². The number of sulfonamides is 1. The van der Waals surface area contributed by atoms with Crippen LogP contribution in [0.15, 0.2) is 59.5 Å². The minimum absolute atomic E-state index is 0.260. The normalized spacial score (nSPS) is 11.6. The Hall–Kier alpha value is -1.85. The van der Waals surface area contributed by atoms with Crippen molar-refractivity contribution in [3.05, 3.63) is 60.2 Å². The first-order chi connectivity index (χ1) is 9.97. The molecule has 0 aliphatic rings. The second-order valence-electron chi connectivity index (χ2n) is 5.15. The molecular formula is C16H20N2O2S. The number of anilines is 1. The van der Waals surface area contributed by atoms with E-state index >= 15 is 0 Å². The van der Waals surface area contributed by atoms with E-state index in [0.717, 1.165) is 12.1 Å². The first kappa shape index (κ1) is 15.5. The molecule has 2 N–H and O–H groups in total. The number of nitrogens with one attached hydrogen (secondary N) is 2. The Bertz CT molecular complexity index is 665. The Kier molecular flexibility index (Phi) is 4.98. The third-order valence-electron chi connectivity index (χ3n) is 2.97. The van der Waals surface area contributed by atoms with Crippen LogP contribution in [-0.2, 0) is 16.6 Å². The van der Waals surface area contributed by atoms with E-state index in [1.165, 1.54) is 0 Å². The van der Waals surface area contributed by atoms with Gasteiger partial charge in [0.1, 0.15) is 0 Å². The molecule has 0 saturated carbocycles. The van der Waals surface area contributed by atoms with Gasteiger partial charge in [0.2, 0.25) is 0 Å². The molecule has 0 heterocycles. The molecule has 0 radical (unpaired) electrons. The Morgan fingerprint density at radius 1 is 0.952 bits per heavy atom. The molecule has 2 aromatic carbocycles. The molecule has 5 heteroatoms. The molecule has 112 valence electrons. The van der Waals surface area contributed by atoms with Gasteiger partial charge in [0, 0.05) is 18.3 Å². The molecule has 0 aromatic heterocycles. The van der Waals surface area contributed by atoms with Gasteiger partial charge in [0.15, 0.2) is 0 Å². The summed E-state index contributed by atoms with van der Waals surface area (Å²) < 4.78 is 26.9. The molecular weight excluding hydrogens is 284 g/mol. The molecule has 2 aromatic rings. The zero-order valence-corrected chi connectivity index (χ0v) is 13.0. The van der Waals surface area contributed by atoms with Crippen molar-refractivity contribution in [2.45, 2.75) is 31.3 Å². The Balaban J connectivity index is 2.06. The molecule has 0 aliphatic heterocycles. The molecule has 0 atom stereocenters. The van der Waals surface area contributed by atoms with E-state index in [1.807, 2.05) is 12.1 Å². The smallest absolute Gasteiger partial charge is 0.261 e. The predicted octanol–water partition coefficient (Wildman–Crippen LogP) is 2.99. The molecule has 0 amide bonds. The third-order valence-corrected chi connectivity index (χ3v) is 4.37. The highest BCUT2D eigenvalue weighted by atomic mass is 32.2. The number of rotatable bonds is 6. The highest BCUT2D eigenvalue weighted by Crippen LogP contribution is 2.16. The van der Waals surface area contributed by atoms with Crippen molar-refractivity contribution in [2.24, 2.45) is 0 Å². The summed E-state index contributed by atoms with van der Waals surface area (Å²) in [5.74, 6) is 0. The molecule has 21 heavy (non-hydrogen) atoms. The van der Waals surface area contributed by atoms with Gasteiger partial charge in [-0.05, 0) is 29.8 Å². The van der Waals surface area contributed by atoms with Crippen LogP contribution >= 0.6 is 0 Å². The van der Waals surface area contributed by atoms with Gasteiger partial charge in [0.05, 0.1) is 4.90 Å².